The molecular weight excluding hydrogens is 260 g/mol. The molecule has 4 heteroatoms. The summed E-state index contributed by atoms with van der Waals surface area (Å²) in [6, 6.07) is 12.8. The Morgan fingerprint density at radius 1 is 1.14 bits per heavy atom. The van der Waals surface area contributed by atoms with Crippen LogP contribution in [-0.4, -0.2) is 16.7 Å². The van der Waals surface area contributed by atoms with Crippen molar-refractivity contribution in [2.24, 2.45) is 0 Å². The SMILES string of the molecule is c1cc2c(c(CNc3cccc4cn[nH]c34)c1)NCCC2. The van der Waals surface area contributed by atoms with Crippen molar-refractivity contribution < 1.29 is 0 Å². The van der Waals surface area contributed by atoms with Crippen molar-refractivity contribution in [1.29, 1.82) is 0 Å². The minimum atomic E-state index is 0.814. The number of rotatable bonds is 3. The van der Waals surface area contributed by atoms with Crippen molar-refractivity contribution in [1.82, 2.24) is 10.2 Å². The van der Waals surface area contributed by atoms with E-state index < -0.39 is 0 Å². The Bertz CT molecular complexity index is 775. The number of aryl methyl sites for hydroxylation is 1. The van der Waals surface area contributed by atoms with Gasteiger partial charge in [-0.1, -0.05) is 30.3 Å². The van der Waals surface area contributed by atoms with Crippen LogP contribution in [0.25, 0.3) is 10.9 Å². The summed E-state index contributed by atoms with van der Waals surface area (Å²) in [4.78, 5) is 0. The minimum absolute atomic E-state index is 0.814. The predicted molar refractivity (Wildman–Crippen MR) is 86.7 cm³/mol. The standard InChI is InChI=1S/C17H18N4/c1-4-12-7-3-9-18-16(12)13(5-1)10-19-15-8-2-6-14-11-20-21-17(14)15/h1-2,4-6,8,11,18-19H,3,7,9-10H2,(H,20,21). The molecule has 106 valence electrons. The highest BCUT2D eigenvalue weighted by Gasteiger charge is 2.12. The highest BCUT2D eigenvalue weighted by atomic mass is 15.1. The zero-order chi connectivity index (χ0) is 14.1. The first-order valence-electron chi connectivity index (χ1n) is 7.42. The molecule has 1 aliphatic rings. The van der Waals surface area contributed by atoms with Gasteiger partial charge in [0.05, 0.1) is 17.4 Å². The van der Waals surface area contributed by atoms with Gasteiger partial charge in [0, 0.05) is 24.2 Å². The van der Waals surface area contributed by atoms with E-state index in [1.54, 1.807) is 0 Å². The number of aromatic amines is 1. The first-order chi connectivity index (χ1) is 10.4. The fourth-order valence-corrected chi connectivity index (χ4v) is 3.03. The van der Waals surface area contributed by atoms with Gasteiger partial charge in [-0.3, -0.25) is 5.10 Å². The van der Waals surface area contributed by atoms with Gasteiger partial charge in [0.1, 0.15) is 0 Å². The summed E-state index contributed by atoms with van der Waals surface area (Å²) < 4.78 is 0. The van der Waals surface area contributed by atoms with Gasteiger partial charge in [-0.25, -0.2) is 0 Å². The van der Waals surface area contributed by atoms with E-state index in [1.807, 2.05) is 6.20 Å². The lowest BCUT2D eigenvalue weighted by Crippen LogP contribution is -2.15. The van der Waals surface area contributed by atoms with Crippen LogP contribution in [0.3, 0.4) is 0 Å². The quantitative estimate of drug-likeness (QED) is 0.687. The fraction of sp³-hybridized carbons (Fsp3) is 0.235. The summed E-state index contributed by atoms with van der Waals surface area (Å²) in [5.41, 5.74) is 6.23. The molecule has 0 unspecified atom stereocenters. The predicted octanol–water partition coefficient (Wildman–Crippen LogP) is 3.53. The van der Waals surface area contributed by atoms with Gasteiger partial charge in [0.15, 0.2) is 0 Å². The van der Waals surface area contributed by atoms with Crippen LogP contribution in [0.1, 0.15) is 17.5 Å². The first kappa shape index (κ1) is 12.3. The molecule has 0 spiro atoms. The second kappa shape index (κ2) is 5.13. The average Bonchev–Trinajstić information content (AvgIpc) is 3.02. The molecule has 3 N–H and O–H groups in total. The van der Waals surface area contributed by atoms with E-state index >= 15 is 0 Å². The van der Waals surface area contributed by atoms with Gasteiger partial charge in [0.25, 0.3) is 0 Å². The van der Waals surface area contributed by atoms with E-state index in [2.05, 4.69) is 57.2 Å². The summed E-state index contributed by atoms with van der Waals surface area (Å²) in [6.07, 6.45) is 4.25. The first-order valence-corrected chi connectivity index (χ1v) is 7.42. The van der Waals surface area contributed by atoms with Crippen molar-refractivity contribution in [3.05, 3.63) is 53.7 Å². The monoisotopic (exact) mass is 278 g/mol. The van der Waals surface area contributed by atoms with E-state index in [-0.39, 0.29) is 0 Å². The maximum atomic E-state index is 4.11. The fourth-order valence-electron chi connectivity index (χ4n) is 3.03. The Hall–Kier alpha value is -2.49. The lowest BCUT2D eigenvalue weighted by molar-refractivity contribution is 0.825. The molecule has 0 saturated heterocycles. The third-order valence-corrected chi connectivity index (χ3v) is 4.11. The molecule has 3 aromatic rings. The lowest BCUT2D eigenvalue weighted by atomic mass is 9.99. The van der Waals surface area contributed by atoms with E-state index in [0.29, 0.717) is 0 Å². The number of nitrogens with zero attached hydrogens (tertiary/aromatic N) is 1. The van der Waals surface area contributed by atoms with Gasteiger partial charge in [-0.05, 0) is 30.0 Å². The minimum Gasteiger partial charge on any atom is -0.385 e. The van der Waals surface area contributed by atoms with Gasteiger partial charge < -0.3 is 10.6 Å². The molecule has 1 aromatic heterocycles. The van der Waals surface area contributed by atoms with Crippen LogP contribution in [0, 0.1) is 0 Å². The van der Waals surface area contributed by atoms with Crippen molar-refractivity contribution in [2.45, 2.75) is 19.4 Å². The molecule has 0 radical (unpaired) electrons. The highest BCUT2D eigenvalue weighted by molar-refractivity contribution is 5.89. The van der Waals surface area contributed by atoms with Crippen molar-refractivity contribution in [3.63, 3.8) is 0 Å². The molecule has 2 aromatic carbocycles. The van der Waals surface area contributed by atoms with Gasteiger partial charge in [-0.2, -0.15) is 5.10 Å². The number of benzene rings is 2. The lowest BCUT2D eigenvalue weighted by Gasteiger charge is -2.21. The van der Waals surface area contributed by atoms with Crippen LogP contribution in [-0.2, 0) is 13.0 Å². The molecule has 21 heavy (non-hydrogen) atoms. The van der Waals surface area contributed by atoms with Crippen molar-refractivity contribution >= 4 is 22.3 Å². The van der Waals surface area contributed by atoms with Crippen LogP contribution < -0.4 is 10.6 Å². The molecule has 0 bridgehead atoms. The summed E-state index contributed by atoms with van der Waals surface area (Å²) in [5, 5.41) is 15.4. The van der Waals surface area contributed by atoms with Crippen molar-refractivity contribution in [2.75, 3.05) is 17.2 Å². The normalized spacial score (nSPS) is 13.7. The van der Waals surface area contributed by atoms with E-state index in [1.165, 1.54) is 29.7 Å². The average molecular weight is 278 g/mol. The maximum absolute atomic E-state index is 4.11. The third-order valence-electron chi connectivity index (χ3n) is 4.11. The second-order valence-electron chi connectivity index (χ2n) is 5.47. The highest BCUT2D eigenvalue weighted by Crippen LogP contribution is 2.27. The summed E-state index contributed by atoms with van der Waals surface area (Å²) >= 11 is 0. The molecular formula is C17H18N4. The maximum Gasteiger partial charge on any atom is 0.0881 e. The summed E-state index contributed by atoms with van der Waals surface area (Å²) in [7, 11) is 0. The molecule has 4 nitrogen and oxygen atoms in total. The zero-order valence-corrected chi connectivity index (χ0v) is 11.8. The van der Waals surface area contributed by atoms with Crippen LogP contribution in [0.5, 0.6) is 0 Å². The number of hydrogen-bond donors (Lipinski definition) is 3. The Morgan fingerprint density at radius 2 is 2.10 bits per heavy atom. The molecule has 0 amide bonds. The molecule has 4 rings (SSSR count). The number of anilines is 2. The van der Waals surface area contributed by atoms with E-state index in [0.717, 1.165) is 29.7 Å². The smallest absolute Gasteiger partial charge is 0.0881 e. The molecule has 0 saturated carbocycles. The molecule has 1 aliphatic heterocycles. The van der Waals surface area contributed by atoms with Crippen LogP contribution in [0.2, 0.25) is 0 Å². The van der Waals surface area contributed by atoms with Gasteiger partial charge in [0.2, 0.25) is 0 Å². The summed E-state index contributed by atoms with van der Waals surface area (Å²) in [5.74, 6) is 0. The van der Waals surface area contributed by atoms with Crippen LogP contribution >= 0.6 is 0 Å². The number of nitrogens with one attached hydrogen (secondary N) is 3. The third kappa shape index (κ3) is 2.23. The number of hydrogen-bond acceptors (Lipinski definition) is 3. The largest absolute Gasteiger partial charge is 0.385 e. The Balaban J connectivity index is 1.61. The van der Waals surface area contributed by atoms with Gasteiger partial charge in [-0.15, -0.1) is 0 Å². The van der Waals surface area contributed by atoms with Crippen LogP contribution in [0.15, 0.2) is 42.6 Å². The van der Waals surface area contributed by atoms with Crippen molar-refractivity contribution in [3.8, 4) is 0 Å². The Labute approximate surface area is 123 Å². The molecule has 0 atom stereocenters. The van der Waals surface area contributed by atoms with Crippen LogP contribution in [0.4, 0.5) is 11.4 Å². The van der Waals surface area contributed by atoms with E-state index in [9.17, 15) is 0 Å². The topological polar surface area (TPSA) is 52.7 Å². The molecule has 0 fully saturated rings. The molecule has 0 aliphatic carbocycles. The Kier molecular flexibility index (Phi) is 2.99. The number of para-hydroxylation sites is 2. The number of H-pyrrole nitrogens is 1. The zero-order valence-electron chi connectivity index (χ0n) is 11.8. The summed E-state index contributed by atoms with van der Waals surface area (Å²) in [6.45, 7) is 1.88. The Morgan fingerprint density at radius 3 is 3.10 bits per heavy atom. The van der Waals surface area contributed by atoms with E-state index in [4.69, 9.17) is 0 Å². The molecule has 2 heterocycles. The van der Waals surface area contributed by atoms with Gasteiger partial charge >= 0.3 is 0 Å². The number of fused-ring (bicyclic) bond motifs is 2. The number of aromatic nitrogens is 2. The second-order valence-corrected chi connectivity index (χ2v) is 5.47.